The Labute approximate surface area is 154 Å². The number of nitrogens with one attached hydrogen (secondary N) is 1. The normalized spacial score (nSPS) is 10.7. The van der Waals surface area contributed by atoms with Gasteiger partial charge in [-0.1, -0.05) is 30.3 Å². The van der Waals surface area contributed by atoms with Gasteiger partial charge in [0.25, 0.3) is 5.91 Å². The number of benzene rings is 2. The molecule has 3 aromatic rings. The first kappa shape index (κ1) is 18.6. The third kappa shape index (κ3) is 4.13. The highest BCUT2D eigenvalue weighted by Gasteiger charge is 2.21. The minimum absolute atomic E-state index is 0.0564. The Balaban J connectivity index is 1.78. The van der Waals surface area contributed by atoms with Crippen molar-refractivity contribution in [2.75, 3.05) is 5.32 Å². The Morgan fingerprint density at radius 3 is 2.74 bits per heavy atom. The number of aromatic nitrogens is 1. The lowest BCUT2D eigenvalue weighted by Gasteiger charge is -2.10. The molecule has 0 aliphatic rings. The van der Waals surface area contributed by atoms with Crippen molar-refractivity contribution in [2.45, 2.75) is 26.9 Å². The molecule has 27 heavy (non-hydrogen) atoms. The molecule has 0 bridgehead atoms. The molecule has 0 aliphatic heterocycles. The van der Waals surface area contributed by atoms with Gasteiger partial charge in [-0.15, -0.1) is 0 Å². The number of amides is 1. The van der Waals surface area contributed by atoms with Crippen LogP contribution in [0.5, 0.6) is 5.75 Å². The number of ether oxygens (including phenoxy) is 1. The summed E-state index contributed by atoms with van der Waals surface area (Å²) in [5.41, 5.74) is 2.12. The van der Waals surface area contributed by atoms with Gasteiger partial charge in [0, 0.05) is 11.8 Å². The maximum atomic E-state index is 13.7. The van der Waals surface area contributed by atoms with Crippen LogP contribution in [0.4, 0.5) is 14.5 Å². The van der Waals surface area contributed by atoms with E-state index in [0.29, 0.717) is 17.0 Å². The highest BCUT2D eigenvalue weighted by Crippen LogP contribution is 2.23. The SMILES string of the molecule is CCc1ccccc1NC(=O)c1noc(C)c1COc1ccc(F)cc1F. The number of hydrogen-bond donors (Lipinski definition) is 1. The quantitative estimate of drug-likeness (QED) is 0.684. The van der Waals surface area contributed by atoms with Gasteiger partial charge in [-0.05, 0) is 37.1 Å². The first-order valence-corrected chi connectivity index (χ1v) is 8.41. The van der Waals surface area contributed by atoms with Crippen LogP contribution in [0.3, 0.4) is 0 Å². The minimum atomic E-state index is -0.827. The number of carbonyl (C=O) groups is 1. The highest BCUT2D eigenvalue weighted by molar-refractivity contribution is 6.04. The average Bonchev–Trinajstić information content (AvgIpc) is 3.02. The van der Waals surface area contributed by atoms with Crippen molar-refractivity contribution in [1.29, 1.82) is 0 Å². The second-order valence-electron chi connectivity index (χ2n) is 5.89. The molecular formula is C20H18F2N2O3. The predicted octanol–water partition coefficient (Wildman–Crippen LogP) is 4.65. The molecule has 7 heteroatoms. The maximum Gasteiger partial charge on any atom is 0.278 e. The van der Waals surface area contributed by atoms with Gasteiger partial charge in [0.15, 0.2) is 17.3 Å². The van der Waals surface area contributed by atoms with Gasteiger partial charge in [0.05, 0.1) is 5.56 Å². The van der Waals surface area contributed by atoms with Crippen LogP contribution in [0.1, 0.15) is 34.3 Å². The second kappa shape index (κ2) is 7.99. The van der Waals surface area contributed by atoms with E-state index in [2.05, 4.69) is 10.5 Å². The van der Waals surface area contributed by atoms with Crippen molar-refractivity contribution < 1.29 is 22.8 Å². The fourth-order valence-electron chi connectivity index (χ4n) is 2.61. The summed E-state index contributed by atoms with van der Waals surface area (Å²) < 4.78 is 37.2. The molecule has 5 nitrogen and oxygen atoms in total. The van der Waals surface area contributed by atoms with E-state index in [1.807, 2.05) is 25.1 Å². The van der Waals surface area contributed by atoms with Gasteiger partial charge < -0.3 is 14.6 Å². The van der Waals surface area contributed by atoms with E-state index < -0.39 is 17.5 Å². The maximum absolute atomic E-state index is 13.7. The molecule has 0 saturated carbocycles. The van der Waals surface area contributed by atoms with Crippen molar-refractivity contribution in [3.8, 4) is 5.75 Å². The van der Waals surface area contributed by atoms with E-state index in [-0.39, 0.29) is 18.1 Å². The van der Waals surface area contributed by atoms with E-state index >= 15 is 0 Å². The minimum Gasteiger partial charge on any atom is -0.486 e. The first-order valence-electron chi connectivity index (χ1n) is 8.41. The molecule has 2 aromatic carbocycles. The first-order chi connectivity index (χ1) is 13.0. The fraction of sp³-hybridized carbons (Fsp3) is 0.200. The third-order valence-corrected chi connectivity index (χ3v) is 4.11. The van der Waals surface area contributed by atoms with E-state index in [9.17, 15) is 13.6 Å². The zero-order chi connectivity index (χ0) is 19.4. The summed E-state index contributed by atoms with van der Waals surface area (Å²) in [5.74, 6) is -1.72. The van der Waals surface area contributed by atoms with Crippen LogP contribution in [-0.4, -0.2) is 11.1 Å². The lowest BCUT2D eigenvalue weighted by molar-refractivity contribution is 0.101. The lowest BCUT2D eigenvalue weighted by atomic mass is 10.1. The number of para-hydroxylation sites is 1. The Hall–Kier alpha value is -3.22. The molecule has 1 amide bonds. The van der Waals surface area contributed by atoms with E-state index in [4.69, 9.17) is 9.26 Å². The Bertz CT molecular complexity index is 970. The Morgan fingerprint density at radius 1 is 1.22 bits per heavy atom. The van der Waals surface area contributed by atoms with Gasteiger partial charge in [0.2, 0.25) is 0 Å². The molecule has 0 radical (unpaired) electrons. The Morgan fingerprint density at radius 2 is 2.00 bits per heavy atom. The van der Waals surface area contributed by atoms with Crippen LogP contribution in [0.2, 0.25) is 0 Å². The number of hydrogen-bond acceptors (Lipinski definition) is 4. The zero-order valence-electron chi connectivity index (χ0n) is 14.9. The molecule has 1 N–H and O–H groups in total. The summed E-state index contributed by atoms with van der Waals surface area (Å²) >= 11 is 0. The summed E-state index contributed by atoms with van der Waals surface area (Å²) in [6, 6.07) is 10.4. The highest BCUT2D eigenvalue weighted by atomic mass is 19.1. The molecule has 0 spiro atoms. The van der Waals surface area contributed by atoms with E-state index in [1.54, 1.807) is 13.0 Å². The summed E-state index contributed by atoms with van der Waals surface area (Å²) in [4.78, 5) is 12.6. The molecule has 0 unspecified atom stereocenters. The Kier molecular flexibility index (Phi) is 5.49. The van der Waals surface area contributed by atoms with Crippen molar-refractivity contribution in [3.63, 3.8) is 0 Å². The van der Waals surface area contributed by atoms with Crippen molar-refractivity contribution in [1.82, 2.24) is 5.16 Å². The van der Waals surface area contributed by atoms with Gasteiger partial charge in [-0.3, -0.25) is 4.79 Å². The number of rotatable bonds is 6. The number of carbonyl (C=O) groups excluding carboxylic acids is 1. The summed E-state index contributed by atoms with van der Waals surface area (Å²) in [5, 5.41) is 6.60. The molecule has 1 heterocycles. The van der Waals surface area contributed by atoms with Gasteiger partial charge in [0.1, 0.15) is 18.2 Å². The molecule has 140 valence electrons. The van der Waals surface area contributed by atoms with Crippen molar-refractivity contribution in [2.24, 2.45) is 0 Å². The van der Waals surface area contributed by atoms with Crippen LogP contribution < -0.4 is 10.1 Å². The standard InChI is InChI=1S/C20H18F2N2O3/c1-3-13-6-4-5-7-17(13)23-20(25)19-15(12(2)27-24-19)11-26-18-9-8-14(21)10-16(18)22/h4-10H,3,11H2,1-2H3,(H,23,25). The number of nitrogens with zero attached hydrogens (tertiary/aromatic N) is 1. The smallest absolute Gasteiger partial charge is 0.278 e. The molecular weight excluding hydrogens is 354 g/mol. The molecule has 0 fully saturated rings. The topological polar surface area (TPSA) is 64.4 Å². The number of anilines is 1. The van der Waals surface area contributed by atoms with Gasteiger partial charge in [-0.25, -0.2) is 8.78 Å². The summed E-state index contributed by atoms with van der Waals surface area (Å²) in [6.45, 7) is 3.47. The van der Waals surface area contributed by atoms with Crippen LogP contribution in [0.25, 0.3) is 0 Å². The van der Waals surface area contributed by atoms with Gasteiger partial charge in [-0.2, -0.15) is 0 Å². The van der Waals surface area contributed by atoms with Crippen LogP contribution in [0.15, 0.2) is 47.0 Å². The predicted molar refractivity (Wildman–Crippen MR) is 95.7 cm³/mol. The van der Waals surface area contributed by atoms with Crippen LogP contribution >= 0.6 is 0 Å². The largest absolute Gasteiger partial charge is 0.486 e. The van der Waals surface area contributed by atoms with E-state index in [1.165, 1.54) is 6.07 Å². The molecule has 0 saturated heterocycles. The van der Waals surface area contributed by atoms with Crippen molar-refractivity contribution in [3.05, 3.63) is 76.7 Å². The third-order valence-electron chi connectivity index (χ3n) is 4.11. The summed E-state index contributed by atoms with van der Waals surface area (Å²) in [7, 11) is 0. The number of aryl methyl sites for hydroxylation is 2. The molecule has 0 atom stereocenters. The fourth-order valence-corrected chi connectivity index (χ4v) is 2.61. The number of halogens is 2. The van der Waals surface area contributed by atoms with Crippen LogP contribution in [0, 0.1) is 18.6 Å². The summed E-state index contributed by atoms with van der Waals surface area (Å²) in [6.07, 6.45) is 0.758. The second-order valence-corrected chi connectivity index (χ2v) is 5.89. The monoisotopic (exact) mass is 372 g/mol. The molecule has 0 aliphatic carbocycles. The molecule has 3 rings (SSSR count). The lowest BCUT2D eigenvalue weighted by Crippen LogP contribution is -2.16. The zero-order valence-corrected chi connectivity index (χ0v) is 14.9. The average molecular weight is 372 g/mol. The van der Waals surface area contributed by atoms with Crippen molar-refractivity contribution >= 4 is 11.6 Å². The molecule has 1 aromatic heterocycles. The van der Waals surface area contributed by atoms with E-state index in [0.717, 1.165) is 24.1 Å². The van der Waals surface area contributed by atoms with Gasteiger partial charge >= 0.3 is 0 Å². The van der Waals surface area contributed by atoms with Crippen LogP contribution in [-0.2, 0) is 13.0 Å².